The first-order valence-electron chi connectivity index (χ1n) is 7.28. The molecule has 1 aromatic heterocycles. The second kappa shape index (κ2) is 5.86. The average molecular weight is 308 g/mol. The van der Waals surface area contributed by atoms with Gasteiger partial charge in [0, 0.05) is 21.5 Å². The van der Waals surface area contributed by atoms with E-state index in [1.54, 1.807) is 0 Å². The highest BCUT2D eigenvalue weighted by Gasteiger charge is 2.14. The van der Waals surface area contributed by atoms with Crippen molar-refractivity contribution in [3.05, 3.63) is 77.5 Å². The zero-order chi connectivity index (χ0) is 15.7. The summed E-state index contributed by atoms with van der Waals surface area (Å²) in [5.41, 5.74) is 6.98. The van der Waals surface area contributed by atoms with Crippen LogP contribution in [-0.4, -0.2) is 4.98 Å². The van der Waals surface area contributed by atoms with Crippen molar-refractivity contribution in [1.29, 1.82) is 0 Å². The molecule has 3 rings (SSSR count). The maximum atomic E-state index is 6.21. The second-order valence-electron chi connectivity index (χ2n) is 5.52. The van der Waals surface area contributed by atoms with Crippen LogP contribution in [0.1, 0.15) is 18.2 Å². The van der Waals surface area contributed by atoms with E-state index in [9.17, 15) is 0 Å². The Morgan fingerprint density at radius 1 is 1.14 bits per heavy atom. The van der Waals surface area contributed by atoms with Crippen molar-refractivity contribution in [3.63, 3.8) is 0 Å². The van der Waals surface area contributed by atoms with Crippen molar-refractivity contribution in [1.82, 2.24) is 4.98 Å². The lowest BCUT2D eigenvalue weighted by molar-refractivity contribution is 1.38. The fraction of sp³-hybridized carbons (Fsp3) is 0.100. The quantitative estimate of drug-likeness (QED) is 0.540. The number of H-pyrrole nitrogens is 1. The van der Waals surface area contributed by atoms with Crippen molar-refractivity contribution < 1.29 is 0 Å². The molecule has 2 aromatic carbocycles. The first-order valence-corrected chi connectivity index (χ1v) is 7.66. The molecule has 0 spiro atoms. The Morgan fingerprint density at radius 2 is 1.86 bits per heavy atom. The number of aryl methyl sites for hydroxylation is 1. The molecular weight excluding hydrogens is 290 g/mol. The molecule has 0 bridgehead atoms. The fourth-order valence-electron chi connectivity index (χ4n) is 2.74. The van der Waals surface area contributed by atoms with Crippen LogP contribution in [0.4, 0.5) is 0 Å². The molecule has 22 heavy (non-hydrogen) atoms. The largest absolute Gasteiger partial charge is 0.354 e. The van der Waals surface area contributed by atoms with Gasteiger partial charge in [0.25, 0.3) is 0 Å². The summed E-state index contributed by atoms with van der Waals surface area (Å²) in [6.45, 7) is 7.98. The number of halogens is 1. The molecule has 0 aliphatic carbocycles. The van der Waals surface area contributed by atoms with Gasteiger partial charge >= 0.3 is 0 Å². The standard InChI is InChI=1S/C20H18ClN/c1-4-5-14(3)20-19(15-8-6-13(2)7-9-15)17-12-16(21)10-11-18(17)22-20/h4-12,22H,1H2,2-3H3/b14-5+. The monoisotopic (exact) mass is 307 g/mol. The van der Waals surface area contributed by atoms with E-state index in [1.807, 2.05) is 30.4 Å². The van der Waals surface area contributed by atoms with Gasteiger partial charge in [0.05, 0.1) is 5.69 Å². The third-order valence-electron chi connectivity index (χ3n) is 3.86. The molecule has 1 heterocycles. The van der Waals surface area contributed by atoms with Crippen molar-refractivity contribution in [2.24, 2.45) is 0 Å². The molecule has 0 fully saturated rings. The summed E-state index contributed by atoms with van der Waals surface area (Å²) in [6.07, 6.45) is 3.83. The molecule has 0 radical (unpaired) electrons. The number of aromatic amines is 1. The molecule has 0 aliphatic heterocycles. The molecule has 1 nitrogen and oxygen atoms in total. The molecule has 0 amide bonds. The number of benzene rings is 2. The first kappa shape index (κ1) is 14.7. The Hall–Kier alpha value is -2.25. The summed E-state index contributed by atoms with van der Waals surface area (Å²) >= 11 is 6.21. The molecule has 0 saturated heterocycles. The van der Waals surface area contributed by atoms with Gasteiger partial charge in [0.15, 0.2) is 0 Å². The number of hydrogen-bond donors (Lipinski definition) is 1. The van der Waals surface area contributed by atoms with Crippen LogP contribution in [0.3, 0.4) is 0 Å². The lowest BCUT2D eigenvalue weighted by atomic mass is 9.98. The van der Waals surface area contributed by atoms with Crippen LogP contribution in [0, 0.1) is 6.92 Å². The Bertz CT molecular complexity index is 867. The lowest BCUT2D eigenvalue weighted by Gasteiger charge is -2.06. The number of hydrogen-bond acceptors (Lipinski definition) is 0. The van der Waals surface area contributed by atoms with Crippen LogP contribution in [-0.2, 0) is 0 Å². The van der Waals surface area contributed by atoms with Gasteiger partial charge in [0.1, 0.15) is 0 Å². The summed E-state index contributed by atoms with van der Waals surface area (Å²) in [6, 6.07) is 14.5. The van der Waals surface area contributed by atoms with E-state index in [2.05, 4.69) is 49.7 Å². The van der Waals surface area contributed by atoms with Gasteiger partial charge in [-0.3, -0.25) is 0 Å². The van der Waals surface area contributed by atoms with E-state index in [1.165, 1.54) is 16.7 Å². The molecule has 3 aromatic rings. The Balaban J connectivity index is 2.35. The summed E-state index contributed by atoms with van der Waals surface area (Å²) in [4.78, 5) is 3.51. The van der Waals surface area contributed by atoms with Gasteiger partial charge in [-0.05, 0) is 43.2 Å². The van der Waals surface area contributed by atoms with Gasteiger partial charge in [-0.2, -0.15) is 0 Å². The van der Waals surface area contributed by atoms with Crippen molar-refractivity contribution in [2.75, 3.05) is 0 Å². The van der Waals surface area contributed by atoms with Crippen molar-refractivity contribution in [2.45, 2.75) is 13.8 Å². The maximum absolute atomic E-state index is 6.21. The van der Waals surface area contributed by atoms with E-state index < -0.39 is 0 Å². The predicted octanol–water partition coefficient (Wildman–Crippen LogP) is 6.39. The van der Waals surface area contributed by atoms with Crippen molar-refractivity contribution >= 4 is 28.1 Å². The normalized spacial score (nSPS) is 11.9. The van der Waals surface area contributed by atoms with E-state index in [-0.39, 0.29) is 0 Å². The van der Waals surface area contributed by atoms with Gasteiger partial charge in [0.2, 0.25) is 0 Å². The number of aromatic nitrogens is 1. The van der Waals surface area contributed by atoms with Crippen LogP contribution in [0.25, 0.3) is 27.6 Å². The van der Waals surface area contributed by atoms with E-state index in [4.69, 9.17) is 11.6 Å². The molecular formula is C20H18ClN. The second-order valence-corrected chi connectivity index (χ2v) is 5.95. The summed E-state index contributed by atoms with van der Waals surface area (Å²) < 4.78 is 0. The molecule has 0 atom stereocenters. The third-order valence-corrected chi connectivity index (χ3v) is 4.10. The Labute approximate surface area is 135 Å². The Morgan fingerprint density at radius 3 is 2.55 bits per heavy atom. The van der Waals surface area contributed by atoms with Gasteiger partial charge in [-0.15, -0.1) is 0 Å². The van der Waals surface area contributed by atoms with E-state index in [0.717, 1.165) is 27.2 Å². The zero-order valence-corrected chi connectivity index (χ0v) is 13.5. The van der Waals surface area contributed by atoms with Gasteiger partial charge in [-0.1, -0.05) is 60.2 Å². The molecule has 110 valence electrons. The van der Waals surface area contributed by atoms with E-state index >= 15 is 0 Å². The number of nitrogens with one attached hydrogen (secondary N) is 1. The topological polar surface area (TPSA) is 15.8 Å². The fourth-order valence-corrected chi connectivity index (χ4v) is 2.91. The maximum Gasteiger partial charge on any atom is 0.0500 e. The van der Waals surface area contributed by atoms with Crippen LogP contribution >= 0.6 is 11.6 Å². The number of fused-ring (bicyclic) bond motifs is 1. The van der Waals surface area contributed by atoms with Gasteiger partial charge < -0.3 is 4.98 Å². The Kier molecular flexibility index (Phi) is 3.91. The minimum atomic E-state index is 0.747. The molecule has 1 N–H and O–H groups in total. The SMILES string of the molecule is C=C/C=C(\C)c1[nH]c2ccc(Cl)cc2c1-c1ccc(C)cc1. The van der Waals surface area contributed by atoms with Crippen LogP contribution < -0.4 is 0 Å². The van der Waals surface area contributed by atoms with Crippen LogP contribution in [0.5, 0.6) is 0 Å². The number of allylic oxidation sites excluding steroid dienone is 3. The smallest absolute Gasteiger partial charge is 0.0500 e. The summed E-state index contributed by atoms with van der Waals surface area (Å²) in [7, 11) is 0. The highest BCUT2D eigenvalue weighted by molar-refractivity contribution is 6.31. The average Bonchev–Trinajstić information content (AvgIpc) is 2.87. The highest BCUT2D eigenvalue weighted by Crippen LogP contribution is 2.37. The molecule has 0 unspecified atom stereocenters. The zero-order valence-electron chi connectivity index (χ0n) is 12.8. The molecule has 2 heteroatoms. The minimum absolute atomic E-state index is 0.747. The number of rotatable bonds is 3. The van der Waals surface area contributed by atoms with Gasteiger partial charge in [-0.25, -0.2) is 0 Å². The first-order chi connectivity index (χ1) is 10.6. The molecule has 0 saturated carbocycles. The summed E-state index contributed by atoms with van der Waals surface area (Å²) in [5, 5.41) is 1.89. The highest BCUT2D eigenvalue weighted by atomic mass is 35.5. The predicted molar refractivity (Wildman–Crippen MR) is 97.3 cm³/mol. The van der Waals surface area contributed by atoms with E-state index in [0.29, 0.717) is 0 Å². The van der Waals surface area contributed by atoms with Crippen molar-refractivity contribution in [3.8, 4) is 11.1 Å². The third kappa shape index (κ3) is 2.60. The summed E-state index contributed by atoms with van der Waals surface area (Å²) in [5.74, 6) is 0. The van der Waals surface area contributed by atoms with Crippen LogP contribution in [0.2, 0.25) is 5.02 Å². The lowest BCUT2D eigenvalue weighted by Crippen LogP contribution is -1.85. The molecule has 0 aliphatic rings. The van der Waals surface area contributed by atoms with Crippen LogP contribution in [0.15, 0.2) is 61.2 Å². The minimum Gasteiger partial charge on any atom is -0.354 e.